The molecular formula is C74H115N11O18. The topological polar surface area (TPSA) is 354 Å². The Bertz CT molecular complexity index is 3150. The number of ketones is 1. The number of ether oxygens (including phenoxy) is 5. The molecule has 8 rings (SSSR count). The van der Waals surface area contributed by atoms with Gasteiger partial charge in [0, 0.05) is 117 Å². The van der Waals surface area contributed by atoms with Gasteiger partial charge in [-0.25, -0.2) is 9.48 Å². The van der Waals surface area contributed by atoms with Crippen LogP contribution in [0.2, 0.25) is 0 Å². The fourth-order valence-electron chi connectivity index (χ4n) is 14.5. The molecule has 1 aliphatic heterocycles. The summed E-state index contributed by atoms with van der Waals surface area (Å²) in [5, 5.41) is 52.5. The Morgan fingerprint density at radius 1 is 0.583 bits per heavy atom. The summed E-state index contributed by atoms with van der Waals surface area (Å²) >= 11 is 0. The third-order valence-corrected chi connectivity index (χ3v) is 19.5. The molecule has 4 saturated carbocycles. The predicted octanol–water partition coefficient (Wildman–Crippen LogP) is 5.17. The van der Waals surface area contributed by atoms with Crippen LogP contribution in [0.1, 0.15) is 143 Å². The highest BCUT2D eigenvalue weighted by Gasteiger charge is 2.62. The first-order valence-corrected chi connectivity index (χ1v) is 36.7. The number of rotatable bonds is 42. The van der Waals surface area contributed by atoms with Gasteiger partial charge in [-0.15, -0.1) is 0 Å². The number of methoxy groups -OCH3 is 2. The van der Waals surface area contributed by atoms with Crippen molar-refractivity contribution in [2.24, 2.45) is 23.7 Å². The molecule has 103 heavy (non-hydrogen) atoms. The molecule has 3 aromatic rings. The van der Waals surface area contributed by atoms with Crippen molar-refractivity contribution >= 4 is 53.3 Å². The standard InChI is InChI=1S/C48H66N6O8.C26H49N5O10/c1-8-12-36(55)16-18-43(56)49-19-10-21-53(22-11-20-52(4)5)46(58)33-15-17-39(37(28-33)30(2)3)54-40(44-41(61-6)13-9-14-42(44)62-7)29-38(51-54)45(57)50-48(47(59)60)34-24-31-23-32(26-34)27-35(48)25-31;1-2-13-39-15-17-41-18-16-40-14-3-4-27-23(32)19-28-5-7-29(20-24(33)34)9-11-31(22-26(37)38)12-10-30(8-6-28)21-25(35)36/h9,13-15,17,28-32,34-35H,8,10-12,16,18-27H2,1-7H3,(H,49,56)(H,50,57)(H,59,60);2-22H2,1H3,(H,27,32)(H,33,34)(H,35,36)(H,37,38). The van der Waals surface area contributed by atoms with E-state index in [0.717, 1.165) is 70.1 Å². The highest BCUT2D eigenvalue weighted by Crippen LogP contribution is 2.58. The maximum atomic E-state index is 14.5. The van der Waals surface area contributed by atoms with Gasteiger partial charge in [-0.3, -0.25) is 58.0 Å². The molecule has 574 valence electrons. The summed E-state index contributed by atoms with van der Waals surface area (Å²) in [6.07, 6.45) is 8.89. The third-order valence-electron chi connectivity index (χ3n) is 19.5. The molecule has 1 aromatic heterocycles. The van der Waals surface area contributed by atoms with Crippen LogP contribution in [-0.2, 0) is 47.8 Å². The van der Waals surface area contributed by atoms with Gasteiger partial charge in [0.25, 0.3) is 11.8 Å². The molecule has 0 radical (unpaired) electrons. The van der Waals surface area contributed by atoms with E-state index in [1.54, 1.807) is 57.9 Å². The normalized spacial score (nSPS) is 19.6. The van der Waals surface area contributed by atoms with Crippen LogP contribution >= 0.6 is 0 Å². The molecule has 4 amide bonds. The Hall–Kier alpha value is -7.64. The zero-order valence-corrected chi connectivity index (χ0v) is 62.0. The number of nitrogens with one attached hydrogen (secondary N) is 3. The maximum Gasteiger partial charge on any atom is 0.330 e. The largest absolute Gasteiger partial charge is 0.496 e. The minimum absolute atomic E-state index is 0.0592. The van der Waals surface area contributed by atoms with E-state index in [9.17, 15) is 63.6 Å². The van der Waals surface area contributed by atoms with E-state index in [-0.39, 0.29) is 86.0 Å². The van der Waals surface area contributed by atoms with Crippen molar-refractivity contribution < 1.29 is 87.3 Å². The van der Waals surface area contributed by atoms with Gasteiger partial charge in [0.05, 0.1) is 83.8 Å². The lowest BCUT2D eigenvalue weighted by molar-refractivity contribution is -0.163. The van der Waals surface area contributed by atoms with E-state index >= 15 is 0 Å². The van der Waals surface area contributed by atoms with Crippen molar-refractivity contribution in [3.05, 3.63) is 59.3 Å². The molecule has 4 bridgehead atoms. The van der Waals surface area contributed by atoms with Crippen molar-refractivity contribution in [1.82, 2.24) is 55.1 Å². The molecule has 1 saturated heterocycles. The number of aromatic nitrogens is 2. The van der Waals surface area contributed by atoms with Gasteiger partial charge in [-0.1, -0.05) is 33.8 Å². The van der Waals surface area contributed by atoms with Crippen LogP contribution in [0.25, 0.3) is 16.9 Å². The highest BCUT2D eigenvalue weighted by atomic mass is 16.5. The van der Waals surface area contributed by atoms with Gasteiger partial charge in [0.2, 0.25) is 11.8 Å². The highest BCUT2D eigenvalue weighted by molar-refractivity contribution is 5.99. The summed E-state index contributed by atoms with van der Waals surface area (Å²) in [5.41, 5.74) is 1.70. The number of carboxylic acid groups (broad SMARTS) is 4. The molecule has 2 heterocycles. The average Bonchev–Trinajstić information content (AvgIpc) is 1.15. The number of benzene rings is 2. The Morgan fingerprint density at radius 3 is 1.58 bits per heavy atom. The number of aliphatic carboxylic acids is 4. The first kappa shape index (κ1) is 84.3. The predicted molar refractivity (Wildman–Crippen MR) is 386 cm³/mol. The van der Waals surface area contributed by atoms with E-state index in [1.807, 2.05) is 69.8 Å². The molecule has 0 spiro atoms. The van der Waals surface area contributed by atoms with Crippen LogP contribution in [-0.4, -0.2) is 298 Å². The van der Waals surface area contributed by atoms with Gasteiger partial charge in [-0.2, -0.15) is 5.10 Å². The summed E-state index contributed by atoms with van der Waals surface area (Å²) in [7, 11) is 7.11. The first-order chi connectivity index (χ1) is 49.4. The van der Waals surface area contributed by atoms with Gasteiger partial charge in [0.1, 0.15) is 22.8 Å². The lowest BCUT2D eigenvalue weighted by Gasteiger charge is -2.59. The smallest absolute Gasteiger partial charge is 0.330 e. The lowest BCUT2D eigenvalue weighted by atomic mass is 9.48. The molecule has 5 aliphatic rings. The monoisotopic (exact) mass is 1450 g/mol. The zero-order chi connectivity index (χ0) is 75.0. The summed E-state index contributed by atoms with van der Waals surface area (Å²) in [6.45, 7) is 16.1. The molecule has 0 atom stereocenters. The van der Waals surface area contributed by atoms with Crippen molar-refractivity contribution in [3.8, 4) is 28.4 Å². The maximum absolute atomic E-state index is 14.5. The second-order valence-corrected chi connectivity index (χ2v) is 28.0. The number of hydrogen-bond acceptors (Lipinski definition) is 20. The molecular weight excluding hydrogens is 1330 g/mol. The summed E-state index contributed by atoms with van der Waals surface area (Å²) < 4.78 is 29.6. The fraction of sp³-hybridized carbons (Fsp3) is 0.676. The first-order valence-electron chi connectivity index (χ1n) is 36.7. The zero-order valence-electron chi connectivity index (χ0n) is 62.0. The summed E-state index contributed by atoms with van der Waals surface area (Å²) in [6, 6.07) is 12.6. The number of amides is 4. The Morgan fingerprint density at radius 2 is 1.09 bits per heavy atom. The van der Waals surface area contributed by atoms with E-state index in [1.165, 1.54) is 0 Å². The van der Waals surface area contributed by atoms with Crippen molar-refractivity contribution in [3.63, 3.8) is 0 Å². The Kier molecular flexibility index (Phi) is 35.7. The van der Waals surface area contributed by atoms with Crippen LogP contribution in [0.3, 0.4) is 0 Å². The molecule has 5 fully saturated rings. The number of carbonyl (C=O) groups is 9. The third kappa shape index (κ3) is 26.8. The van der Waals surface area contributed by atoms with Gasteiger partial charge in [0.15, 0.2) is 5.69 Å². The van der Waals surface area contributed by atoms with Crippen molar-refractivity contribution in [2.45, 2.75) is 123 Å². The summed E-state index contributed by atoms with van der Waals surface area (Å²) in [5.74, 6) is -3.30. The number of carbonyl (C=O) groups excluding carboxylic acids is 5. The van der Waals surface area contributed by atoms with E-state index in [4.69, 9.17) is 28.8 Å². The number of nitrogens with zero attached hydrogens (tertiary/aromatic N) is 8. The molecule has 7 N–H and O–H groups in total. The number of carboxylic acids is 4. The van der Waals surface area contributed by atoms with Gasteiger partial charge < -0.3 is 69.9 Å². The second-order valence-electron chi connectivity index (χ2n) is 28.0. The van der Waals surface area contributed by atoms with Crippen LogP contribution in [0.5, 0.6) is 11.5 Å². The second kappa shape index (κ2) is 43.6. The molecule has 4 aliphatic carbocycles. The number of Topliss-reactive ketones (excluding diaryl/α,β-unsaturated/α-hetero) is 1. The van der Waals surface area contributed by atoms with Crippen LogP contribution in [0.4, 0.5) is 0 Å². The van der Waals surface area contributed by atoms with E-state index in [2.05, 4.69) is 20.9 Å². The fourth-order valence-corrected chi connectivity index (χ4v) is 14.5. The molecule has 2 aromatic carbocycles. The minimum atomic E-state index is -1.36. The van der Waals surface area contributed by atoms with Gasteiger partial charge in [-0.05, 0) is 156 Å². The van der Waals surface area contributed by atoms with E-state index < -0.39 is 35.3 Å². The van der Waals surface area contributed by atoms with Crippen molar-refractivity contribution in [2.75, 3.05) is 179 Å². The average molecular weight is 1450 g/mol. The van der Waals surface area contributed by atoms with Crippen molar-refractivity contribution in [1.29, 1.82) is 0 Å². The SMILES string of the molecule is CCCC(=O)CCC(=O)NCCCN(CCCN(C)C)C(=O)c1ccc(-n2nc(C(=O)NC3(C(=O)O)C4CC5CC(C4)CC3C5)cc2-c2c(OC)cccc2OC)c(C(C)C)c1.CCCOCCOCCOCCCNC(=O)CN1CCN(CC(=O)O)CCN(CC(=O)O)CCN(CC(=O)O)CC1. The Balaban J connectivity index is 0.000000354. The minimum Gasteiger partial charge on any atom is -0.496 e. The molecule has 0 unspecified atom stereocenters. The summed E-state index contributed by atoms with van der Waals surface area (Å²) in [4.78, 5) is 124. The van der Waals surface area contributed by atoms with Crippen LogP contribution < -0.4 is 25.4 Å². The van der Waals surface area contributed by atoms with Gasteiger partial charge >= 0.3 is 23.9 Å². The lowest BCUT2D eigenvalue weighted by Crippen LogP contribution is -2.70. The van der Waals surface area contributed by atoms with E-state index in [0.29, 0.717) is 177 Å². The Labute approximate surface area is 606 Å². The molecule has 29 nitrogen and oxygen atoms in total. The number of hydrogen-bond donors (Lipinski definition) is 7. The van der Waals surface area contributed by atoms with Crippen LogP contribution in [0, 0.1) is 23.7 Å². The van der Waals surface area contributed by atoms with Crippen LogP contribution in [0.15, 0.2) is 42.5 Å². The quantitative estimate of drug-likeness (QED) is 0.0360. The molecule has 29 heteroatoms.